The zero-order valence-corrected chi connectivity index (χ0v) is 13.4. The fourth-order valence-corrected chi connectivity index (χ4v) is 2.65. The molecule has 0 radical (unpaired) electrons. The third-order valence-corrected chi connectivity index (χ3v) is 3.98. The van der Waals surface area contributed by atoms with Crippen molar-refractivity contribution in [3.8, 4) is 0 Å². The van der Waals surface area contributed by atoms with Crippen molar-refractivity contribution >= 4 is 11.9 Å². The van der Waals surface area contributed by atoms with Crippen LogP contribution in [0.4, 0.5) is 0 Å². The predicted octanol–water partition coefficient (Wildman–Crippen LogP) is 0.790. The van der Waals surface area contributed by atoms with Crippen LogP contribution in [0.2, 0.25) is 0 Å². The van der Waals surface area contributed by atoms with E-state index in [2.05, 4.69) is 18.6 Å². The summed E-state index contributed by atoms with van der Waals surface area (Å²) in [5.74, 6) is 0.0810. The molecule has 1 amide bonds. The quantitative estimate of drug-likeness (QED) is 0.703. The molecule has 2 N–H and O–H groups in total. The van der Waals surface area contributed by atoms with E-state index in [9.17, 15) is 9.59 Å². The van der Waals surface area contributed by atoms with Crippen LogP contribution in [-0.2, 0) is 19.1 Å². The Bertz CT molecular complexity index is 352. The standard InChI is InChI=1S/C15H28N2O4/c1-12(2)10-17(7-4-13(18)20-3)14(19)15(11-16)5-8-21-9-6-15/h12H,4-11,16H2,1-3H3. The van der Waals surface area contributed by atoms with Crippen molar-refractivity contribution < 1.29 is 19.1 Å². The Hall–Kier alpha value is -1.14. The summed E-state index contributed by atoms with van der Waals surface area (Å²) in [4.78, 5) is 26.0. The topological polar surface area (TPSA) is 81.9 Å². The van der Waals surface area contributed by atoms with Crippen LogP contribution < -0.4 is 5.73 Å². The molecule has 0 aromatic carbocycles. The first-order chi connectivity index (χ1) is 9.95. The maximum atomic E-state index is 12.9. The molecule has 1 fully saturated rings. The highest BCUT2D eigenvalue weighted by Gasteiger charge is 2.41. The molecule has 1 heterocycles. The molecule has 122 valence electrons. The van der Waals surface area contributed by atoms with Crippen LogP contribution in [0.1, 0.15) is 33.1 Å². The Kier molecular flexibility index (Phi) is 7.11. The van der Waals surface area contributed by atoms with Crippen molar-refractivity contribution in [3.63, 3.8) is 0 Å². The summed E-state index contributed by atoms with van der Waals surface area (Å²) in [5.41, 5.74) is 5.36. The molecule has 0 saturated carbocycles. The van der Waals surface area contributed by atoms with Gasteiger partial charge in [0, 0.05) is 32.8 Å². The Morgan fingerprint density at radius 3 is 2.43 bits per heavy atom. The van der Waals surface area contributed by atoms with Crippen LogP contribution in [0.25, 0.3) is 0 Å². The third-order valence-electron chi connectivity index (χ3n) is 3.98. The maximum absolute atomic E-state index is 12.9. The van der Waals surface area contributed by atoms with Crippen LogP contribution in [0.5, 0.6) is 0 Å². The highest BCUT2D eigenvalue weighted by atomic mass is 16.5. The number of hydrogen-bond acceptors (Lipinski definition) is 5. The highest BCUT2D eigenvalue weighted by molar-refractivity contribution is 5.83. The predicted molar refractivity (Wildman–Crippen MR) is 79.6 cm³/mol. The number of nitrogens with zero attached hydrogens (tertiary/aromatic N) is 1. The lowest BCUT2D eigenvalue weighted by Gasteiger charge is -2.39. The van der Waals surface area contributed by atoms with Crippen LogP contribution in [-0.4, -0.2) is 56.7 Å². The van der Waals surface area contributed by atoms with E-state index in [1.54, 1.807) is 4.90 Å². The van der Waals surface area contributed by atoms with E-state index in [-0.39, 0.29) is 18.3 Å². The van der Waals surface area contributed by atoms with Crippen LogP contribution in [0.15, 0.2) is 0 Å². The van der Waals surface area contributed by atoms with Gasteiger partial charge in [0.2, 0.25) is 5.91 Å². The van der Waals surface area contributed by atoms with Gasteiger partial charge in [-0.3, -0.25) is 9.59 Å². The molecule has 1 aliphatic rings. The fraction of sp³-hybridized carbons (Fsp3) is 0.867. The number of rotatable bonds is 7. The summed E-state index contributed by atoms with van der Waals surface area (Å²) in [6, 6.07) is 0. The molecule has 21 heavy (non-hydrogen) atoms. The Labute approximate surface area is 126 Å². The number of nitrogens with two attached hydrogens (primary N) is 1. The van der Waals surface area contributed by atoms with E-state index in [0.717, 1.165) is 0 Å². The van der Waals surface area contributed by atoms with Crippen LogP contribution in [0.3, 0.4) is 0 Å². The molecular formula is C15H28N2O4. The number of amides is 1. The third kappa shape index (κ3) is 4.97. The van der Waals surface area contributed by atoms with Crippen LogP contribution in [0, 0.1) is 11.3 Å². The second kappa shape index (κ2) is 8.34. The lowest BCUT2D eigenvalue weighted by atomic mass is 9.78. The second-order valence-corrected chi connectivity index (χ2v) is 6.07. The van der Waals surface area contributed by atoms with Crippen LogP contribution >= 0.6 is 0 Å². The summed E-state index contributed by atoms with van der Waals surface area (Å²) in [6.07, 6.45) is 1.51. The molecule has 0 unspecified atom stereocenters. The Balaban J connectivity index is 2.79. The number of ether oxygens (including phenoxy) is 2. The summed E-state index contributed by atoms with van der Waals surface area (Å²) >= 11 is 0. The molecule has 6 heteroatoms. The number of methoxy groups -OCH3 is 1. The molecule has 0 bridgehead atoms. The van der Waals surface area contributed by atoms with E-state index >= 15 is 0 Å². The highest BCUT2D eigenvalue weighted by Crippen LogP contribution is 2.32. The minimum Gasteiger partial charge on any atom is -0.469 e. The summed E-state index contributed by atoms with van der Waals surface area (Å²) in [7, 11) is 1.36. The number of carbonyl (C=O) groups excluding carboxylic acids is 2. The van der Waals surface area contributed by atoms with Gasteiger partial charge in [-0.2, -0.15) is 0 Å². The van der Waals surface area contributed by atoms with E-state index < -0.39 is 5.41 Å². The van der Waals surface area contributed by atoms with E-state index in [0.29, 0.717) is 51.6 Å². The van der Waals surface area contributed by atoms with Crippen molar-refractivity contribution in [1.82, 2.24) is 4.90 Å². The summed E-state index contributed by atoms with van der Waals surface area (Å²) < 4.78 is 10.0. The van der Waals surface area contributed by atoms with Crippen molar-refractivity contribution in [2.45, 2.75) is 33.1 Å². The Morgan fingerprint density at radius 1 is 1.33 bits per heavy atom. The molecule has 6 nitrogen and oxygen atoms in total. The van der Waals surface area contributed by atoms with Crippen molar-refractivity contribution in [2.75, 3.05) is 40.0 Å². The number of carbonyl (C=O) groups is 2. The molecule has 1 aliphatic heterocycles. The van der Waals surface area contributed by atoms with E-state index in [1.807, 2.05) is 0 Å². The van der Waals surface area contributed by atoms with Gasteiger partial charge in [-0.05, 0) is 18.8 Å². The first-order valence-electron chi connectivity index (χ1n) is 7.59. The molecule has 1 rings (SSSR count). The van der Waals surface area contributed by atoms with Gasteiger partial charge in [0.15, 0.2) is 0 Å². The zero-order valence-electron chi connectivity index (χ0n) is 13.4. The van der Waals surface area contributed by atoms with Gasteiger partial charge < -0.3 is 20.1 Å². The van der Waals surface area contributed by atoms with Gasteiger partial charge in [-0.1, -0.05) is 13.8 Å². The summed E-state index contributed by atoms with van der Waals surface area (Å²) in [6.45, 7) is 6.56. The van der Waals surface area contributed by atoms with Crippen molar-refractivity contribution in [3.05, 3.63) is 0 Å². The van der Waals surface area contributed by atoms with Gasteiger partial charge in [0.25, 0.3) is 0 Å². The first-order valence-corrected chi connectivity index (χ1v) is 7.59. The number of hydrogen-bond donors (Lipinski definition) is 1. The van der Waals surface area contributed by atoms with Crippen molar-refractivity contribution in [1.29, 1.82) is 0 Å². The first kappa shape index (κ1) is 17.9. The molecule has 0 atom stereocenters. The maximum Gasteiger partial charge on any atom is 0.307 e. The average molecular weight is 300 g/mol. The SMILES string of the molecule is COC(=O)CCN(CC(C)C)C(=O)C1(CN)CCOCC1. The molecule has 0 aromatic rings. The Morgan fingerprint density at radius 2 is 1.95 bits per heavy atom. The van der Waals surface area contributed by atoms with Gasteiger partial charge in [-0.15, -0.1) is 0 Å². The molecule has 1 saturated heterocycles. The van der Waals surface area contributed by atoms with Gasteiger partial charge in [0.05, 0.1) is 18.9 Å². The van der Waals surface area contributed by atoms with E-state index in [1.165, 1.54) is 7.11 Å². The van der Waals surface area contributed by atoms with Crippen molar-refractivity contribution in [2.24, 2.45) is 17.1 Å². The minimum atomic E-state index is -0.538. The average Bonchev–Trinajstić information content (AvgIpc) is 2.50. The monoisotopic (exact) mass is 300 g/mol. The zero-order chi connectivity index (χ0) is 15.9. The van der Waals surface area contributed by atoms with E-state index in [4.69, 9.17) is 10.5 Å². The summed E-state index contributed by atoms with van der Waals surface area (Å²) in [5, 5.41) is 0. The molecule has 0 aliphatic carbocycles. The second-order valence-electron chi connectivity index (χ2n) is 6.07. The largest absolute Gasteiger partial charge is 0.469 e. The smallest absolute Gasteiger partial charge is 0.307 e. The van der Waals surface area contributed by atoms with Gasteiger partial charge >= 0.3 is 5.97 Å². The van der Waals surface area contributed by atoms with Gasteiger partial charge in [0.1, 0.15) is 0 Å². The number of esters is 1. The fourth-order valence-electron chi connectivity index (χ4n) is 2.65. The molecule has 0 spiro atoms. The lowest BCUT2D eigenvalue weighted by molar-refractivity contribution is -0.149. The van der Waals surface area contributed by atoms with Gasteiger partial charge in [-0.25, -0.2) is 0 Å². The normalized spacial score (nSPS) is 17.6. The minimum absolute atomic E-state index is 0.0471. The molecule has 0 aromatic heterocycles. The molecular weight excluding hydrogens is 272 g/mol. The lowest BCUT2D eigenvalue weighted by Crippen LogP contribution is -2.52.